The highest BCUT2D eigenvalue weighted by molar-refractivity contribution is 5.78. The summed E-state index contributed by atoms with van der Waals surface area (Å²) < 4.78 is 39.9. The predicted molar refractivity (Wildman–Crippen MR) is 86.8 cm³/mol. The quantitative estimate of drug-likeness (QED) is 0.872. The molecule has 4 nitrogen and oxygen atoms in total. The van der Waals surface area contributed by atoms with Crippen LogP contribution in [-0.4, -0.2) is 41.1 Å². The number of aliphatic hydroxyl groups is 1. The minimum absolute atomic E-state index is 0.00438. The molecule has 138 valence electrons. The van der Waals surface area contributed by atoms with Gasteiger partial charge in [0.15, 0.2) is 0 Å². The van der Waals surface area contributed by atoms with Gasteiger partial charge in [0.1, 0.15) is 0 Å². The number of rotatable bonds is 4. The van der Waals surface area contributed by atoms with E-state index in [9.17, 15) is 23.1 Å². The van der Waals surface area contributed by atoms with Crippen LogP contribution in [0.1, 0.15) is 49.3 Å². The highest BCUT2D eigenvalue weighted by atomic mass is 19.4. The number of alkyl halides is 3. The Balaban J connectivity index is 1.75. The third kappa shape index (κ3) is 4.33. The molecule has 2 N–H and O–H groups in total. The Kier molecular flexibility index (Phi) is 5.34. The molecule has 0 bridgehead atoms. The average molecular weight is 356 g/mol. The molecule has 7 heteroatoms. The number of nitrogens with one attached hydrogen (secondary N) is 1. The van der Waals surface area contributed by atoms with E-state index < -0.39 is 23.9 Å². The van der Waals surface area contributed by atoms with E-state index in [0.717, 1.165) is 31.7 Å². The summed E-state index contributed by atoms with van der Waals surface area (Å²) in [6, 6.07) is 4.97. The fraction of sp³-hybridized carbons (Fsp3) is 0.611. The molecule has 1 saturated heterocycles. The monoisotopic (exact) mass is 356 g/mol. The molecule has 1 aromatic rings. The maximum Gasteiger partial charge on any atom is 0.416 e. The van der Waals surface area contributed by atoms with Gasteiger partial charge in [-0.05, 0) is 30.9 Å². The Morgan fingerprint density at radius 1 is 1.24 bits per heavy atom. The number of aliphatic hydroxyl groups excluding tert-OH is 1. The van der Waals surface area contributed by atoms with Gasteiger partial charge in [-0.2, -0.15) is 13.2 Å². The molecule has 1 aliphatic heterocycles. The van der Waals surface area contributed by atoms with Crippen LogP contribution in [0.3, 0.4) is 0 Å². The number of likely N-dealkylation sites (tertiary alicyclic amines) is 1. The van der Waals surface area contributed by atoms with Crippen LogP contribution >= 0.6 is 0 Å². The molecular weight excluding hydrogens is 333 g/mol. The van der Waals surface area contributed by atoms with Crippen molar-refractivity contribution in [1.29, 1.82) is 0 Å². The van der Waals surface area contributed by atoms with Crippen molar-refractivity contribution in [2.45, 2.75) is 56.5 Å². The first-order chi connectivity index (χ1) is 11.8. The number of β-amino-alcohol motifs (C(OH)–C–C–N with tert-alkyl or cyclic N) is 1. The largest absolute Gasteiger partial charge is 0.416 e. The number of hydrogen-bond donors (Lipinski definition) is 2. The van der Waals surface area contributed by atoms with Crippen LogP contribution in [-0.2, 0) is 11.0 Å². The SMILES string of the molecule is O=C(CN1C[C@H](O)C[C@@H]1c1ccccc1C(F)(F)F)NC1CCCC1. The Morgan fingerprint density at radius 3 is 2.60 bits per heavy atom. The second kappa shape index (κ2) is 7.33. The van der Waals surface area contributed by atoms with Gasteiger partial charge in [0.05, 0.1) is 18.2 Å². The van der Waals surface area contributed by atoms with Crippen molar-refractivity contribution in [2.75, 3.05) is 13.1 Å². The van der Waals surface area contributed by atoms with Crippen LogP contribution < -0.4 is 5.32 Å². The lowest BCUT2D eigenvalue weighted by Gasteiger charge is -2.27. The van der Waals surface area contributed by atoms with E-state index in [1.807, 2.05) is 0 Å². The van der Waals surface area contributed by atoms with Gasteiger partial charge >= 0.3 is 6.18 Å². The average Bonchev–Trinajstić information content (AvgIpc) is 3.16. The standard InChI is InChI=1S/C18H23F3N2O2/c19-18(20,21)15-8-4-3-7-14(15)16-9-13(24)10-23(16)11-17(25)22-12-5-1-2-6-12/h3-4,7-8,12-13,16,24H,1-2,5-6,9-11H2,(H,22,25)/t13-,16-/m1/s1. The van der Waals surface area contributed by atoms with Gasteiger partial charge in [0.2, 0.25) is 5.91 Å². The van der Waals surface area contributed by atoms with Crippen molar-refractivity contribution in [3.8, 4) is 0 Å². The maximum absolute atomic E-state index is 13.3. The second-order valence-electron chi connectivity index (χ2n) is 6.97. The van der Waals surface area contributed by atoms with Crippen molar-refractivity contribution in [3.63, 3.8) is 0 Å². The van der Waals surface area contributed by atoms with Crippen molar-refractivity contribution >= 4 is 5.91 Å². The van der Waals surface area contributed by atoms with Crippen molar-refractivity contribution in [2.24, 2.45) is 0 Å². The van der Waals surface area contributed by atoms with Crippen molar-refractivity contribution < 1.29 is 23.1 Å². The normalized spacial score (nSPS) is 25.4. The van der Waals surface area contributed by atoms with Crippen LogP contribution in [0.25, 0.3) is 0 Å². The van der Waals surface area contributed by atoms with Gasteiger partial charge in [-0.1, -0.05) is 31.0 Å². The minimum atomic E-state index is -4.46. The molecule has 2 atom stereocenters. The third-order valence-corrected chi connectivity index (χ3v) is 5.07. The van der Waals surface area contributed by atoms with Crippen molar-refractivity contribution in [1.82, 2.24) is 10.2 Å². The molecule has 0 radical (unpaired) electrons. The lowest BCUT2D eigenvalue weighted by molar-refractivity contribution is -0.138. The van der Waals surface area contributed by atoms with E-state index in [-0.39, 0.29) is 37.0 Å². The molecule has 2 fully saturated rings. The molecule has 1 saturated carbocycles. The maximum atomic E-state index is 13.3. The molecule has 1 amide bonds. The van der Waals surface area contributed by atoms with Gasteiger partial charge in [0, 0.05) is 18.6 Å². The summed E-state index contributed by atoms with van der Waals surface area (Å²) in [6.07, 6.45) is -0.899. The molecule has 1 heterocycles. The van der Waals surface area contributed by atoms with Gasteiger partial charge < -0.3 is 10.4 Å². The first kappa shape index (κ1) is 18.2. The van der Waals surface area contributed by atoms with E-state index in [1.54, 1.807) is 11.0 Å². The Labute approximate surface area is 145 Å². The first-order valence-corrected chi connectivity index (χ1v) is 8.72. The summed E-state index contributed by atoms with van der Waals surface area (Å²) in [5.41, 5.74) is -0.574. The van der Waals surface area contributed by atoms with Crippen LogP contribution in [0.2, 0.25) is 0 Å². The lowest BCUT2D eigenvalue weighted by atomic mass is 9.97. The summed E-state index contributed by atoms with van der Waals surface area (Å²) in [7, 11) is 0. The summed E-state index contributed by atoms with van der Waals surface area (Å²) in [4.78, 5) is 13.9. The van der Waals surface area contributed by atoms with Crippen LogP contribution in [0.4, 0.5) is 13.2 Å². The molecule has 0 unspecified atom stereocenters. The molecule has 25 heavy (non-hydrogen) atoms. The number of amides is 1. The third-order valence-electron chi connectivity index (χ3n) is 5.07. The van der Waals surface area contributed by atoms with E-state index in [0.29, 0.717) is 0 Å². The fourth-order valence-electron chi connectivity index (χ4n) is 3.95. The molecule has 1 aromatic carbocycles. The summed E-state index contributed by atoms with van der Waals surface area (Å²) in [6.45, 7) is 0.208. The smallest absolute Gasteiger partial charge is 0.392 e. The van der Waals surface area contributed by atoms with Crippen LogP contribution in [0.5, 0.6) is 0 Å². The summed E-state index contributed by atoms with van der Waals surface area (Å²) in [5, 5.41) is 12.9. The van der Waals surface area contributed by atoms with Gasteiger partial charge in [-0.15, -0.1) is 0 Å². The zero-order valence-electron chi connectivity index (χ0n) is 13.9. The Hall–Kier alpha value is -1.60. The minimum Gasteiger partial charge on any atom is -0.392 e. The highest BCUT2D eigenvalue weighted by Crippen LogP contribution is 2.40. The molecule has 0 aromatic heterocycles. The lowest BCUT2D eigenvalue weighted by Crippen LogP contribution is -2.41. The molecule has 0 spiro atoms. The van der Waals surface area contributed by atoms with E-state index >= 15 is 0 Å². The topological polar surface area (TPSA) is 52.6 Å². The van der Waals surface area contributed by atoms with E-state index in [1.165, 1.54) is 12.1 Å². The molecule has 2 aliphatic rings. The molecular formula is C18H23F3N2O2. The zero-order chi connectivity index (χ0) is 18.0. The fourth-order valence-corrected chi connectivity index (χ4v) is 3.95. The number of carbonyl (C=O) groups is 1. The second-order valence-corrected chi connectivity index (χ2v) is 6.97. The number of hydrogen-bond acceptors (Lipinski definition) is 3. The Morgan fingerprint density at radius 2 is 1.92 bits per heavy atom. The van der Waals surface area contributed by atoms with Gasteiger partial charge in [-0.25, -0.2) is 0 Å². The number of benzene rings is 1. The van der Waals surface area contributed by atoms with Gasteiger partial charge in [0.25, 0.3) is 0 Å². The van der Waals surface area contributed by atoms with E-state index in [4.69, 9.17) is 0 Å². The number of carbonyl (C=O) groups excluding carboxylic acids is 1. The van der Waals surface area contributed by atoms with Crippen LogP contribution in [0, 0.1) is 0 Å². The predicted octanol–water partition coefficient (Wildman–Crippen LogP) is 2.87. The molecule has 1 aliphatic carbocycles. The summed E-state index contributed by atoms with van der Waals surface area (Å²) >= 11 is 0. The summed E-state index contributed by atoms with van der Waals surface area (Å²) in [5.74, 6) is -0.185. The highest BCUT2D eigenvalue weighted by Gasteiger charge is 2.40. The number of halogens is 3. The van der Waals surface area contributed by atoms with E-state index in [2.05, 4.69) is 5.32 Å². The Bertz CT molecular complexity index is 615. The van der Waals surface area contributed by atoms with Crippen molar-refractivity contribution in [3.05, 3.63) is 35.4 Å². The molecule has 3 rings (SSSR count). The first-order valence-electron chi connectivity index (χ1n) is 8.72. The number of nitrogens with zero attached hydrogens (tertiary/aromatic N) is 1. The van der Waals surface area contributed by atoms with Gasteiger partial charge in [-0.3, -0.25) is 9.69 Å². The zero-order valence-corrected chi connectivity index (χ0v) is 13.9. The van der Waals surface area contributed by atoms with Crippen LogP contribution in [0.15, 0.2) is 24.3 Å².